The zero-order valence-corrected chi connectivity index (χ0v) is 7.07. The van der Waals surface area contributed by atoms with Crippen molar-refractivity contribution in [3.8, 4) is 0 Å². The van der Waals surface area contributed by atoms with Gasteiger partial charge in [0.25, 0.3) is 0 Å². The molecular formula is C7H14N4O. The molecule has 1 N–H and O–H groups in total. The van der Waals surface area contributed by atoms with Crippen LogP contribution in [0.4, 0.5) is 0 Å². The third kappa shape index (κ3) is 1.30. The Morgan fingerprint density at radius 2 is 2.00 bits per heavy atom. The predicted octanol–water partition coefficient (Wildman–Crippen LogP) is 1.48. The van der Waals surface area contributed by atoms with E-state index in [1.807, 2.05) is 0 Å². The Morgan fingerprint density at radius 3 is 2.58 bits per heavy atom. The van der Waals surface area contributed by atoms with Crippen molar-refractivity contribution in [1.29, 1.82) is 0 Å². The molecule has 5 nitrogen and oxygen atoms in total. The Balaban J connectivity index is 2.01. The quantitative estimate of drug-likeness (QED) is 0.478. The number of quaternary nitrogens is 1. The summed E-state index contributed by atoms with van der Waals surface area (Å²) in [5, 5.41) is 19.1. The first kappa shape index (κ1) is 7.94. The summed E-state index contributed by atoms with van der Waals surface area (Å²) in [6, 6.07) is 0.150. The lowest BCUT2D eigenvalue weighted by Gasteiger charge is -2.38. The van der Waals surface area contributed by atoms with Crippen LogP contribution in [0.2, 0.25) is 0 Å². The minimum Gasteiger partial charge on any atom is -0.602 e. The number of hydrogen-bond acceptors (Lipinski definition) is 4. The van der Waals surface area contributed by atoms with E-state index in [4.69, 9.17) is 0 Å². The molecule has 68 valence electrons. The van der Waals surface area contributed by atoms with Gasteiger partial charge in [-0.2, -0.15) is 4.76 Å². The lowest BCUT2D eigenvalue weighted by molar-refractivity contribution is -0.911. The van der Waals surface area contributed by atoms with E-state index in [2.05, 4.69) is 15.9 Å². The second kappa shape index (κ2) is 2.99. The predicted molar refractivity (Wildman–Crippen MR) is 43.4 cm³/mol. The summed E-state index contributed by atoms with van der Waals surface area (Å²) in [4.78, 5) is 0. The first-order valence-corrected chi connectivity index (χ1v) is 4.55. The topological polar surface area (TPSA) is 59.8 Å². The highest BCUT2D eigenvalue weighted by atomic mass is 16.6. The fourth-order valence-electron chi connectivity index (χ4n) is 1.96. The van der Waals surface area contributed by atoms with Crippen LogP contribution in [0.25, 0.3) is 0 Å². The van der Waals surface area contributed by atoms with Gasteiger partial charge >= 0.3 is 0 Å². The first-order valence-electron chi connectivity index (χ1n) is 4.55. The third-order valence-electron chi connectivity index (χ3n) is 2.71. The maximum absolute atomic E-state index is 11.9. The van der Waals surface area contributed by atoms with Crippen LogP contribution in [0, 0.1) is 5.21 Å². The molecular weight excluding hydrogens is 156 g/mol. The molecule has 0 aromatic heterocycles. The molecule has 0 aromatic rings. The van der Waals surface area contributed by atoms with Crippen LogP contribution in [-0.2, 0) is 0 Å². The second-order valence-electron chi connectivity index (χ2n) is 3.55. The maximum Gasteiger partial charge on any atom is 0.194 e. The molecule has 0 bridgehead atoms. The molecule has 0 spiro atoms. The lowest BCUT2D eigenvalue weighted by Crippen LogP contribution is -2.47. The standard InChI is InChI=1S/C7H14N4O/c12-11(6-8-9-10-11)7-4-2-1-3-5-7/h7H,1-6H2,(H,8,10). The van der Waals surface area contributed by atoms with Crippen LogP contribution in [0.1, 0.15) is 32.1 Å². The van der Waals surface area contributed by atoms with Gasteiger partial charge in [0.1, 0.15) is 6.04 Å². The monoisotopic (exact) mass is 170 g/mol. The van der Waals surface area contributed by atoms with Gasteiger partial charge in [0.2, 0.25) is 0 Å². The molecule has 1 saturated carbocycles. The number of rotatable bonds is 1. The van der Waals surface area contributed by atoms with Crippen LogP contribution in [-0.4, -0.2) is 17.5 Å². The van der Waals surface area contributed by atoms with E-state index in [9.17, 15) is 5.21 Å². The molecule has 1 atom stereocenters. The van der Waals surface area contributed by atoms with Crippen molar-refractivity contribution >= 4 is 0 Å². The van der Waals surface area contributed by atoms with Crippen molar-refractivity contribution < 1.29 is 4.76 Å². The summed E-state index contributed by atoms with van der Waals surface area (Å²) >= 11 is 0. The van der Waals surface area contributed by atoms with Gasteiger partial charge in [-0.15, -0.1) is 0 Å². The zero-order valence-electron chi connectivity index (χ0n) is 7.07. The average Bonchev–Trinajstić information content (AvgIpc) is 2.55. The summed E-state index contributed by atoms with van der Waals surface area (Å²) in [6.07, 6.45) is 5.61. The van der Waals surface area contributed by atoms with Gasteiger partial charge in [-0.1, -0.05) is 6.42 Å². The van der Waals surface area contributed by atoms with Crippen LogP contribution in [0.3, 0.4) is 0 Å². The number of hydrogen-bond donors (Lipinski definition) is 1. The van der Waals surface area contributed by atoms with E-state index in [1.54, 1.807) is 0 Å². The molecule has 2 rings (SSSR count). The number of nitrogens with one attached hydrogen (secondary N) is 1. The molecule has 1 aliphatic heterocycles. The van der Waals surface area contributed by atoms with Gasteiger partial charge in [0.15, 0.2) is 6.67 Å². The molecule has 1 heterocycles. The first-order chi connectivity index (χ1) is 5.81. The molecule has 1 aliphatic carbocycles. The van der Waals surface area contributed by atoms with Crippen molar-refractivity contribution in [2.45, 2.75) is 38.1 Å². The molecule has 1 unspecified atom stereocenters. The summed E-state index contributed by atoms with van der Waals surface area (Å²) < 4.78 is -0.486. The fourth-order valence-corrected chi connectivity index (χ4v) is 1.96. The molecule has 5 heteroatoms. The molecule has 0 saturated heterocycles. The van der Waals surface area contributed by atoms with Gasteiger partial charge in [-0.3, -0.25) is 0 Å². The van der Waals surface area contributed by atoms with E-state index in [0.717, 1.165) is 12.8 Å². The summed E-state index contributed by atoms with van der Waals surface area (Å²) in [5.41, 5.74) is 2.63. The van der Waals surface area contributed by atoms with Crippen LogP contribution in [0.5, 0.6) is 0 Å². The van der Waals surface area contributed by atoms with Gasteiger partial charge in [-0.25, -0.2) is 5.43 Å². The second-order valence-corrected chi connectivity index (χ2v) is 3.55. The van der Waals surface area contributed by atoms with Crippen molar-refractivity contribution in [3.05, 3.63) is 5.21 Å². The largest absolute Gasteiger partial charge is 0.602 e. The zero-order chi connectivity index (χ0) is 8.44. The normalized spacial score (nSPS) is 36.8. The van der Waals surface area contributed by atoms with Crippen LogP contribution < -0.4 is 5.43 Å². The third-order valence-corrected chi connectivity index (χ3v) is 2.71. The smallest absolute Gasteiger partial charge is 0.194 e. The molecule has 0 amide bonds. The molecule has 12 heavy (non-hydrogen) atoms. The molecule has 0 aromatic carbocycles. The van der Waals surface area contributed by atoms with Crippen LogP contribution >= 0.6 is 0 Å². The molecule has 2 aliphatic rings. The van der Waals surface area contributed by atoms with E-state index in [0.29, 0.717) is 6.67 Å². The Labute approximate surface area is 71.6 Å². The minimum atomic E-state index is -0.486. The Bertz CT molecular complexity index is 190. The highest BCUT2D eigenvalue weighted by Crippen LogP contribution is 2.29. The van der Waals surface area contributed by atoms with Gasteiger partial charge < -0.3 is 5.21 Å². The fraction of sp³-hybridized carbons (Fsp3) is 1.00. The molecule has 0 radical (unpaired) electrons. The van der Waals surface area contributed by atoms with Crippen molar-refractivity contribution in [1.82, 2.24) is 5.43 Å². The highest BCUT2D eigenvalue weighted by molar-refractivity contribution is 4.67. The van der Waals surface area contributed by atoms with Crippen LogP contribution in [0.15, 0.2) is 10.4 Å². The Hall–Kier alpha value is -0.680. The minimum absolute atomic E-state index is 0.150. The van der Waals surface area contributed by atoms with Crippen molar-refractivity contribution in [3.63, 3.8) is 0 Å². The summed E-state index contributed by atoms with van der Waals surface area (Å²) in [7, 11) is 0. The SMILES string of the molecule is [O-][N+]1(C2CCCCC2)CNN=N1. The number of nitrogens with zero attached hydrogens (tertiary/aromatic N) is 3. The molecule has 1 fully saturated rings. The summed E-state index contributed by atoms with van der Waals surface area (Å²) in [6.45, 7) is 0.324. The van der Waals surface area contributed by atoms with Crippen molar-refractivity contribution in [2.24, 2.45) is 10.4 Å². The Kier molecular flexibility index (Phi) is 1.98. The maximum atomic E-state index is 11.9. The van der Waals surface area contributed by atoms with Gasteiger partial charge in [0, 0.05) is 18.1 Å². The average molecular weight is 170 g/mol. The van der Waals surface area contributed by atoms with E-state index >= 15 is 0 Å². The van der Waals surface area contributed by atoms with E-state index < -0.39 is 4.76 Å². The van der Waals surface area contributed by atoms with Gasteiger partial charge in [-0.05, 0) is 18.1 Å². The highest BCUT2D eigenvalue weighted by Gasteiger charge is 2.33. The van der Waals surface area contributed by atoms with E-state index in [1.165, 1.54) is 19.3 Å². The van der Waals surface area contributed by atoms with Gasteiger partial charge in [0.05, 0.1) is 0 Å². The number of hydroxylamine groups is 2. The summed E-state index contributed by atoms with van der Waals surface area (Å²) in [5.74, 6) is 0. The van der Waals surface area contributed by atoms with E-state index in [-0.39, 0.29) is 6.04 Å². The van der Waals surface area contributed by atoms with Crippen molar-refractivity contribution in [2.75, 3.05) is 6.67 Å². The lowest BCUT2D eigenvalue weighted by atomic mass is 9.95. The Morgan fingerprint density at radius 1 is 1.25 bits per heavy atom.